The van der Waals surface area contributed by atoms with E-state index in [0.29, 0.717) is 5.84 Å². The van der Waals surface area contributed by atoms with E-state index in [2.05, 4.69) is 39.4 Å². The minimum atomic E-state index is 0.0769. The normalized spacial score (nSPS) is 12.7. The van der Waals surface area contributed by atoms with E-state index in [-0.39, 0.29) is 5.41 Å². The minimum Gasteiger partial charge on any atom is -0.386 e. The number of rotatable bonds is 6. The molecule has 0 unspecified atom stereocenters. The van der Waals surface area contributed by atoms with Crippen LogP contribution in [0.25, 0.3) is 0 Å². The highest BCUT2D eigenvalue weighted by Gasteiger charge is 2.23. The second-order valence-corrected chi connectivity index (χ2v) is 4.34. The Bertz CT molecular complexity index is 241. The fraction of sp³-hybridized carbons (Fsp3) is 0.750. The molecule has 0 radical (unpaired) electrons. The van der Waals surface area contributed by atoms with Crippen LogP contribution in [0.15, 0.2) is 17.4 Å². The first kappa shape index (κ1) is 14.0. The molecule has 2 N–H and O–H groups in total. The van der Waals surface area contributed by atoms with E-state index in [0.717, 1.165) is 25.1 Å². The molecule has 0 aliphatic rings. The second-order valence-electron chi connectivity index (χ2n) is 4.34. The van der Waals surface area contributed by atoms with Crippen LogP contribution in [0, 0.1) is 5.41 Å². The molecule has 0 atom stereocenters. The topological polar surface area (TPSA) is 41.6 Å². The molecule has 0 fully saturated rings. The average molecular weight is 211 g/mol. The molecule has 3 nitrogen and oxygen atoms in total. The predicted octanol–water partition coefficient (Wildman–Crippen LogP) is 2.94. The van der Waals surface area contributed by atoms with Gasteiger partial charge in [-0.05, 0) is 13.3 Å². The van der Waals surface area contributed by atoms with Gasteiger partial charge in [-0.3, -0.25) is 5.01 Å². The minimum absolute atomic E-state index is 0.0769. The predicted molar refractivity (Wildman–Crippen MR) is 67.5 cm³/mol. The zero-order chi connectivity index (χ0) is 12.1. The molecule has 0 aromatic rings. The van der Waals surface area contributed by atoms with Gasteiger partial charge in [-0.15, -0.1) is 0 Å². The fourth-order valence-electron chi connectivity index (χ4n) is 1.10. The summed E-state index contributed by atoms with van der Waals surface area (Å²) >= 11 is 0. The molecule has 0 rings (SSSR count). The lowest BCUT2D eigenvalue weighted by Gasteiger charge is -2.32. The summed E-state index contributed by atoms with van der Waals surface area (Å²) in [4.78, 5) is 0. The Labute approximate surface area is 94.0 Å². The Balaban J connectivity index is 4.77. The molecule has 0 amide bonds. The van der Waals surface area contributed by atoms with Crippen LogP contribution in [0.5, 0.6) is 0 Å². The highest BCUT2D eigenvalue weighted by Crippen LogP contribution is 2.31. The molecule has 88 valence electrons. The maximum atomic E-state index is 5.74. The maximum Gasteiger partial charge on any atom is 0.119 e. The van der Waals surface area contributed by atoms with Crippen molar-refractivity contribution in [1.82, 2.24) is 5.01 Å². The highest BCUT2D eigenvalue weighted by atomic mass is 15.5. The van der Waals surface area contributed by atoms with E-state index < -0.39 is 0 Å². The van der Waals surface area contributed by atoms with Crippen LogP contribution in [0.3, 0.4) is 0 Å². The molecular weight excluding hydrogens is 186 g/mol. The smallest absolute Gasteiger partial charge is 0.119 e. The van der Waals surface area contributed by atoms with Gasteiger partial charge in [0.05, 0.1) is 0 Å². The van der Waals surface area contributed by atoms with Crippen LogP contribution >= 0.6 is 0 Å². The Kier molecular flexibility index (Phi) is 5.40. The summed E-state index contributed by atoms with van der Waals surface area (Å²) in [5.74, 6) is 0.657. The van der Waals surface area contributed by atoms with Crippen LogP contribution < -0.4 is 5.73 Å². The summed E-state index contributed by atoms with van der Waals surface area (Å²) in [7, 11) is 0. The van der Waals surface area contributed by atoms with E-state index in [1.807, 2.05) is 11.9 Å². The van der Waals surface area contributed by atoms with E-state index in [1.54, 1.807) is 0 Å². The van der Waals surface area contributed by atoms with Gasteiger partial charge in [0.15, 0.2) is 0 Å². The lowest BCUT2D eigenvalue weighted by atomic mass is 9.87. The average Bonchev–Trinajstić information content (AvgIpc) is 2.24. The Morgan fingerprint density at radius 3 is 2.20 bits per heavy atom. The number of amidine groups is 1. The lowest BCUT2D eigenvalue weighted by molar-refractivity contribution is 0.267. The number of hydrazone groups is 1. The van der Waals surface area contributed by atoms with E-state index in [1.165, 1.54) is 0 Å². The van der Waals surface area contributed by atoms with Gasteiger partial charge in [0.1, 0.15) is 5.84 Å². The van der Waals surface area contributed by atoms with Gasteiger partial charge in [-0.25, -0.2) is 0 Å². The molecule has 0 saturated carbocycles. The molecule has 3 heteroatoms. The van der Waals surface area contributed by atoms with Crippen molar-refractivity contribution < 1.29 is 0 Å². The Hall–Kier alpha value is -0.990. The Morgan fingerprint density at radius 2 is 1.87 bits per heavy atom. The number of nitrogens with zero attached hydrogens (tertiary/aromatic N) is 2. The first-order chi connectivity index (χ1) is 6.88. The monoisotopic (exact) mass is 211 g/mol. The first-order valence-corrected chi connectivity index (χ1v) is 5.68. The molecule has 0 spiro atoms. The third kappa shape index (κ3) is 3.94. The molecular formula is C12H25N3. The number of allylic oxidation sites excluding steroid dienone is 1. The largest absolute Gasteiger partial charge is 0.386 e. The number of hydrogen-bond acceptors (Lipinski definition) is 2. The van der Waals surface area contributed by atoms with Crippen molar-refractivity contribution in [2.75, 3.05) is 6.54 Å². The van der Waals surface area contributed by atoms with Crippen molar-refractivity contribution >= 4 is 5.84 Å². The van der Waals surface area contributed by atoms with Gasteiger partial charge in [0.2, 0.25) is 0 Å². The van der Waals surface area contributed by atoms with Gasteiger partial charge in [-0.1, -0.05) is 34.3 Å². The van der Waals surface area contributed by atoms with Crippen molar-refractivity contribution in [3.63, 3.8) is 0 Å². The second kappa shape index (κ2) is 5.79. The van der Waals surface area contributed by atoms with Gasteiger partial charge in [0.25, 0.3) is 0 Å². The molecule has 0 aromatic heterocycles. The Morgan fingerprint density at radius 1 is 1.33 bits per heavy atom. The van der Waals surface area contributed by atoms with Crippen LogP contribution in [0.4, 0.5) is 0 Å². The van der Waals surface area contributed by atoms with Crippen LogP contribution in [0.1, 0.15) is 47.5 Å². The summed E-state index contributed by atoms with van der Waals surface area (Å²) in [6.07, 6.45) is 1.82. The molecule has 0 aliphatic carbocycles. The summed E-state index contributed by atoms with van der Waals surface area (Å²) in [6, 6.07) is 0. The zero-order valence-corrected chi connectivity index (χ0v) is 10.8. The molecule has 15 heavy (non-hydrogen) atoms. The number of hydrogen-bond donors (Lipinski definition) is 1. The third-order valence-corrected chi connectivity index (χ3v) is 2.89. The van der Waals surface area contributed by atoms with Gasteiger partial charge in [-0.2, -0.15) is 5.10 Å². The molecule has 0 aromatic carbocycles. The first-order valence-electron chi connectivity index (χ1n) is 5.68. The SMILES string of the molecule is C=C(N(CC)/N=C(\N)CC)C(C)(C)CC. The van der Waals surface area contributed by atoms with Crippen LogP contribution in [0.2, 0.25) is 0 Å². The van der Waals surface area contributed by atoms with Crippen molar-refractivity contribution in [2.24, 2.45) is 16.3 Å². The number of nitrogens with two attached hydrogens (primary N) is 1. The van der Waals surface area contributed by atoms with Gasteiger partial charge in [0, 0.05) is 24.1 Å². The van der Waals surface area contributed by atoms with Crippen LogP contribution in [-0.2, 0) is 0 Å². The van der Waals surface area contributed by atoms with Crippen molar-refractivity contribution in [3.05, 3.63) is 12.3 Å². The summed E-state index contributed by atoms with van der Waals surface area (Å²) in [5, 5.41) is 6.26. The molecule has 0 heterocycles. The van der Waals surface area contributed by atoms with E-state index >= 15 is 0 Å². The quantitative estimate of drug-likeness (QED) is 0.417. The van der Waals surface area contributed by atoms with Crippen LogP contribution in [-0.4, -0.2) is 17.4 Å². The summed E-state index contributed by atoms with van der Waals surface area (Å²) in [5.41, 5.74) is 6.85. The van der Waals surface area contributed by atoms with Gasteiger partial charge < -0.3 is 5.73 Å². The van der Waals surface area contributed by atoms with Gasteiger partial charge >= 0.3 is 0 Å². The molecule has 0 aliphatic heterocycles. The maximum absolute atomic E-state index is 5.74. The van der Waals surface area contributed by atoms with E-state index in [9.17, 15) is 0 Å². The fourth-order valence-corrected chi connectivity index (χ4v) is 1.10. The third-order valence-electron chi connectivity index (χ3n) is 2.89. The molecule has 0 bridgehead atoms. The van der Waals surface area contributed by atoms with Crippen molar-refractivity contribution in [2.45, 2.75) is 47.5 Å². The van der Waals surface area contributed by atoms with E-state index in [4.69, 9.17) is 5.73 Å². The van der Waals surface area contributed by atoms with Crippen molar-refractivity contribution in [1.29, 1.82) is 0 Å². The molecule has 0 saturated heterocycles. The standard InChI is InChI=1S/C12H25N3/c1-7-11(13)14-15(9-3)10(4)12(5,6)8-2/h4,7-9H2,1-3,5-6H3,(H2,13,14). The zero-order valence-electron chi connectivity index (χ0n) is 10.8. The van der Waals surface area contributed by atoms with Crippen molar-refractivity contribution in [3.8, 4) is 0 Å². The highest BCUT2D eigenvalue weighted by molar-refractivity contribution is 5.79. The summed E-state index contributed by atoms with van der Waals surface area (Å²) < 4.78 is 0. The summed E-state index contributed by atoms with van der Waals surface area (Å²) in [6.45, 7) is 15.5. The lowest BCUT2D eigenvalue weighted by Crippen LogP contribution is -2.29.